The van der Waals surface area contributed by atoms with Crippen molar-refractivity contribution < 1.29 is 4.57 Å². The monoisotopic (exact) mass is 511 g/mol. The summed E-state index contributed by atoms with van der Waals surface area (Å²) in [6.45, 7) is 5.34. The van der Waals surface area contributed by atoms with E-state index in [9.17, 15) is 0 Å². The normalized spacial score (nSPS) is 11.2. The second-order valence-corrected chi connectivity index (χ2v) is 9.81. The third-order valence-corrected chi connectivity index (χ3v) is 6.55. The van der Waals surface area contributed by atoms with Gasteiger partial charge in [0.15, 0.2) is 0 Å². The summed E-state index contributed by atoms with van der Waals surface area (Å²) in [5.41, 5.74) is 9.79. The predicted octanol–water partition coefficient (Wildman–Crippen LogP) is 8.03. The molecular formula is C31H32BrN2+. The van der Waals surface area contributed by atoms with Crippen LogP contribution in [0.4, 0.5) is 5.69 Å². The molecule has 3 heteroatoms. The van der Waals surface area contributed by atoms with Crippen LogP contribution in [0.15, 0.2) is 89.4 Å². The molecule has 0 bridgehead atoms. The van der Waals surface area contributed by atoms with E-state index >= 15 is 0 Å². The first-order valence-corrected chi connectivity index (χ1v) is 12.6. The molecule has 4 aromatic rings. The maximum absolute atomic E-state index is 3.57. The van der Waals surface area contributed by atoms with Gasteiger partial charge in [0.05, 0.1) is 0 Å². The van der Waals surface area contributed by atoms with Crippen molar-refractivity contribution in [2.24, 2.45) is 0 Å². The molecule has 0 aliphatic carbocycles. The molecule has 3 aromatic carbocycles. The molecular weight excluding hydrogens is 480 g/mol. The van der Waals surface area contributed by atoms with Gasteiger partial charge in [0.2, 0.25) is 11.4 Å². The molecule has 1 aromatic heterocycles. The Balaban J connectivity index is 1.85. The van der Waals surface area contributed by atoms with Gasteiger partial charge in [-0.2, -0.15) is 4.57 Å². The van der Waals surface area contributed by atoms with Crippen molar-refractivity contribution in [1.82, 2.24) is 0 Å². The summed E-state index contributed by atoms with van der Waals surface area (Å²) in [6, 6.07) is 30.7. The summed E-state index contributed by atoms with van der Waals surface area (Å²) in [5, 5.41) is 0. The van der Waals surface area contributed by atoms with Gasteiger partial charge in [-0.1, -0.05) is 64.8 Å². The number of aromatic nitrogens is 1. The number of aryl methyl sites for hydroxylation is 1. The Kier molecular flexibility index (Phi) is 7.64. The fraction of sp³-hybridized carbons (Fsp3) is 0.194. The maximum atomic E-state index is 3.57. The van der Waals surface area contributed by atoms with E-state index in [-0.39, 0.29) is 0 Å². The molecule has 4 rings (SSSR count). The zero-order valence-electron chi connectivity index (χ0n) is 20.4. The van der Waals surface area contributed by atoms with Gasteiger partial charge in [-0.3, -0.25) is 0 Å². The zero-order chi connectivity index (χ0) is 24.1. The Bertz CT molecular complexity index is 1270. The maximum Gasteiger partial charge on any atom is 0.213 e. The largest absolute Gasteiger partial charge is 0.378 e. The van der Waals surface area contributed by atoms with Crippen LogP contribution in [0.3, 0.4) is 0 Å². The Morgan fingerprint density at radius 2 is 1.41 bits per heavy atom. The van der Waals surface area contributed by atoms with Gasteiger partial charge in [0.1, 0.15) is 6.54 Å². The lowest BCUT2D eigenvalue weighted by Crippen LogP contribution is -2.39. The van der Waals surface area contributed by atoms with E-state index in [4.69, 9.17) is 0 Å². The molecule has 0 fully saturated rings. The first kappa shape index (κ1) is 24.0. The summed E-state index contributed by atoms with van der Waals surface area (Å²) in [4.78, 5) is 2.12. The van der Waals surface area contributed by atoms with Crippen LogP contribution in [-0.2, 0) is 6.54 Å². The minimum atomic E-state index is 0.961. The number of hydrogen-bond donors (Lipinski definition) is 0. The molecule has 0 atom stereocenters. The Morgan fingerprint density at radius 1 is 0.765 bits per heavy atom. The summed E-state index contributed by atoms with van der Waals surface area (Å²) < 4.78 is 3.53. The number of halogens is 1. The Morgan fingerprint density at radius 3 is 2.03 bits per heavy atom. The quantitative estimate of drug-likeness (QED) is 0.228. The third-order valence-electron chi connectivity index (χ3n) is 6.03. The van der Waals surface area contributed by atoms with E-state index in [1.165, 1.54) is 44.9 Å². The molecule has 0 spiro atoms. The minimum Gasteiger partial charge on any atom is -0.378 e. The summed E-state index contributed by atoms with van der Waals surface area (Å²) in [5.74, 6) is 0. The van der Waals surface area contributed by atoms with Crippen molar-refractivity contribution in [1.29, 1.82) is 0 Å². The lowest BCUT2D eigenvalue weighted by Gasteiger charge is -2.12. The summed E-state index contributed by atoms with van der Waals surface area (Å²) >= 11 is 3.57. The summed E-state index contributed by atoms with van der Waals surface area (Å²) in [6.07, 6.45) is 5.53. The SMILES string of the molecule is CCC[n+]1c(C=Cc2ccc(N(C)C)cc2)cc(-c2ccc(Br)cc2)cc1-c1ccc(C)cc1. The number of anilines is 1. The Hall–Kier alpha value is -3.17. The predicted molar refractivity (Wildman–Crippen MR) is 150 cm³/mol. The molecule has 0 saturated carbocycles. The lowest BCUT2D eigenvalue weighted by atomic mass is 10.00. The standard InChI is InChI=1S/C31H32BrN2/c1-5-20-34-30(19-10-24-8-17-29(18-9-24)33(3)4)21-27(25-13-15-28(32)16-14-25)22-31(34)26-11-6-23(2)7-12-26/h6-19,21-22H,5,20H2,1-4H3/q+1. The smallest absolute Gasteiger partial charge is 0.213 e. The highest BCUT2D eigenvalue weighted by Gasteiger charge is 2.19. The first-order valence-electron chi connectivity index (χ1n) is 11.8. The van der Waals surface area contributed by atoms with Crippen LogP contribution < -0.4 is 9.47 Å². The molecule has 0 unspecified atom stereocenters. The van der Waals surface area contributed by atoms with Crippen molar-refractivity contribution in [2.45, 2.75) is 26.8 Å². The number of hydrogen-bond acceptors (Lipinski definition) is 1. The molecule has 0 saturated heterocycles. The number of benzene rings is 3. The van der Waals surface area contributed by atoms with Crippen LogP contribution in [0.25, 0.3) is 34.5 Å². The van der Waals surface area contributed by atoms with Gasteiger partial charge in [-0.05, 0) is 66.1 Å². The average molecular weight is 513 g/mol. The molecule has 0 amide bonds. The molecule has 0 aliphatic heterocycles. The van der Waals surface area contributed by atoms with Crippen LogP contribution in [0, 0.1) is 6.92 Å². The van der Waals surface area contributed by atoms with Crippen molar-refractivity contribution in [3.63, 3.8) is 0 Å². The van der Waals surface area contributed by atoms with E-state index in [2.05, 4.69) is 150 Å². The minimum absolute atomic E-state index is 0.961. The van der Waals surface area contributed by atoms with Gasteiger partial charge in [0, 0.05) is 54.4 Å². The number of rotatable bonds is 7. The van der Waals surface area contributed by atoms with Crippen LogP contribution in [0.1, 0.15) is 30.2 Å². The van der Waals surface area contributed by atoms with Crippen molar-refractivity contribution >= 4 is 33.8 Å². The van der Waals surface area contributed by atoms with E-state index in [1.54, 1.807) is 0 Å². The molecule has 0 radical (unpaired) electrons. The highest BCUT2D eigenvalue weighted by Crippen LogP contribution is 2.28. The highest BCUT2D eigenvalue weighted by atomic mass is 79.9. The fourth-order valence-corrected chi connectivity index (χ4v) is 4.36. The first-order chi connectivity index (χ1) is 16.4. The topological polar surface area (TPSA) is 7.12 Å². The molecule has 0 N–H and O–H groups in total. The van der Waals surface area contributed by atoms with Crippen molar-refractivity contribution in [2.75, 3.05) is 19.0 Å². The van der Waals surface area contributed by atoms with E-state index in [0.29, 0.717) is 0 Å². The van der Waals surface area contributed by atoms with Gasteiger partial charge in [0.25, 0.3) is 0 Å². The van der Waals surface area contributed by atoms with Crippen LogP contribution in [0.2, 0.25) is 0 Å². The van der Waals surface area contributed by atoms with Gasteiger partial charge < -0.3 is 4.90 Å². The number of pyridine rings is 1. The third kappa shape index (κ3) is 5.66. The Labute approximate surface area is 212 Å². The molecule has 1 heterocycles. The van der Waals surface area contributed by atoms with Crippen LogP contribution in [-0.4, -0.2) is 14.1 Å². The average Bonchev–Trinajstić information content (AvgIpc) is 2.84. The zero-order valence-corrected chi connectivity index (χ0v) is 22.0. The molecule has 34 heavy (non-hydrogen) atoms. The molecule has 2 nitrogen and oxygen atoms in total. The van der Waals surface area contributed by atoms with Gasteiger partial charge in [-0.25, -0.2) is 0 Å². The number of nitrogens with zero attached hydrogens (tertiary/aromatic N) is 2. The van der Waals surface area contributed by atoms with Crippen LogP contribution >= 0.6 is 15.9 Å². The van der Waals surface area contributed by atoms with E-state index < -0.39 is 0 Å². The second kappa shape index (κ2) is 10.8. The lowest BCUT2D eigenvalue weighted by molar-refractivity contribution is -0.687. The fourth-order valence-electron chi connectivity index (χ4n) is 4.09. The van der Waals surface area contributed by atoms with E-state index in [1.807, 2.05) is 0 Å². The molecule has 172 valence electrons. The highest BCUT2D eigenvalue weighted by molar-refractivity contribution is 9.10. The molecule has 0 aliphatic rings. The van der Waals surface area contributed by atoms with Crippen molar-refractivity contribution in [3.8, 4) is 22.4 Å². The second-order valence-electron chi connectivity index (χ2n) is 8.90. The van der Waals surface area contributed by atoms with Crippen molar-refractivity contribution in [3.05, 3.63) is 106 Å². The van der Waals surface area contributed by atoms with Gasteiger partial charge in [-0.15, -0.1) is 0 Å². The van der Waals surface area contributed by atoms with Crippen LogP contribution in [0.5, 0.6) is 0 Å². The van der Waals surface area contributed by atoms with Gasteiger partial charge >= 0.3 is 0 Å². The van der Waals surface area contributed by atoms with E-state index in [0.717, 1.165) is 17.4 Å². The summed E-state index contributed by atoms with van der Waals surface area (Å²) in [7, 11) is 4.14.